The van der Waals surface area contributed by atoms with E-state index in [1.807, 2.05) is 13.8 Å². The van der Waals surface area contributed by atoms with Gasteiger partial charge in [0.2, 0.25) is 0 Å². The number of hydrogen-bond donors (Lipinski definition) is 2. The fourth-order valence-electron chi connectivity index (χ4n) is 1.62. The molecule has 2 unspecified atom stereocenters. The third-order valence-corrected chi connectivity index (χ3v) is 2.56. The normalized spacial score (nSPS) is 15.6. The number of aryl methyl sites for hydroxylation is 1. The van der Waals surface area contributed by atoms with Crippen molar-refractivity contribution in [2.75, 3.05) is 6.54 Å². The lowest BCUT2D eigenvalue weighted by molar-refractivity contribution is 0.0845. The van der Waals surface area contributed by atoms with Gasteiger partial charge in [-0.05, 0) is 23.6 Å². The summed E-state index contributed by atoms with van der Waals surface area (Å²) in [6.07, 6.45) is -0.0901. The molecule has 6 heteroatoms. The van der Waals surface area contributed by atoms with Crippen LogP contribution in [0.4, 0.5) is 0 Å². The first-order chi connectivity index (χ1) is 7.04. The summed E-state index contributed by atoms with van der Waals surface area (Å²) in [5, 5.41) is 21.5. The van der Waals surface area contributed by atoms with Gasteiger partial charge in [0.05, 0.1) is 13.2 Å². The number of aromatic nitrogens is 4. The summed E-state index contributed by atoms with van der Waals surface area (Å²) >= 11 is 0. The monoisotopic (exact) mass is 213 g/mol. The van der Waals surface area contributed by atoms with E-state index in [1.54, 1.807) is 7.05 Å². The molecule has 0 radical (unpaired) electrons. The Balaban J connectivity index is 2.57. The minimum absolute atomic E-state index is 0.0776. The maximum absolute atomic E-state index is 9.95. The van der Waals surface area contributed by atoms with E-state index in [2.05, 4.69) is 15.4 Å². The van der Waals surface area contributed by atoms with E-state index >= 15 is 0 Å². The molecule has 0 fully saturated rings. The summed E-state index contributed by atoms with van der Waals surface area (Å²) in [6.45, 7) is 4.56. The minimum Gasteiger partial charge on any atom is -0.392 e. The first-order valence-electron chi connectivity index (χ1n) is 5.15. The molecular weight excluding hydrogens is 194 g/mol. The van der Waals surface area contributed by atoms with E-state index in [0.717, 1.165) is 0 Å². The molecule has 0 saturated carbocycles. The summed E-state index contributed by atoms with van der Waals surface area (Å²) in [6, 6.07) is 0. The number of aliphatic hydroxyl groups excluding tert-OH is 1. The average molecular weight is 213 g/mol. The van der Waals surface area contributed by atoms with Crippen LogP contribution in [-0.2, 0) is 13.5 Å². The van der Waals surface area contributed by atoms with Crippen molar-refractivity contribution in [3.8, 4) is 0 Å². The molecular formula is C9H19N5O. The van der Waals surface area contributed by atoms with Crippen molar-refractivity contribution >= 4 is 0 Å². The Labute approximate surface area is 89.5 Å². The Kier molecular flexibility index (Phi) is 4.16. The van der Waals surface area contributed by atoms with Gasteiger partial charge < -0.3 is 10.8 Å². The summed E-state index contributed by atoms with van der Waals surface area (Å²) in [5.74, 6) is 0.986. The molecule has 86 valence electrons. The third kappa shape index (κ3) is 3.24. The first-order valence-corrected chi connectivity index (χ1v) is 5.15. The molecule has 1 aromatic heterocycles. The van der Waals surface area contributed by atoms with E-state index in [-0.39, 0.29) is 5.92 Å². The van der Waals surface area contributed by atoms with Gasteiger partial charge in [0, 0.05) is 6.42 Å². The summed E-state index contributed by atoms with van der Waals surface area (Å²) in [4.78, 5) is 1.38. The van der Waals surface area contributed by atoms with Crippen LogP contribution in [0, 0.1) is 11.8 Å². The zero-order chi connectivity index (χ0) is 11.4. The highest BCUT2D eigenvalue weighted by Crippen LogP contribution is 2.16. The molecule has 0 spiro atoms. The van der Waals surface area contributed by atoms with Gasteiger partial charge >= 0.3 is 0 Å². The third-order valence-electron chi connectivity index (χ3n) is 2.56. The zero-order valence-electron chi connectivity index (χ0n) is 9.46. The molecule has 1 rings (SSSR count). The Morgan fingerprint density at radius 2 is 2.13 bits per heavy atom. The number of tetrazole rings is 1. The lowest BCUT2D eigenvalue weighted by Gasteiger charge is -2.23. The second-order valence-electron chi connectivity index (χ2n) is 4.11. The molecule has 6 nitrogen and oxygen atoms in total. The number of nitrogens with zero attached hydrogens (tertiary/aromatic N) is 4. The second kappa shape index (κ2) is 5.18. The molecule has 0 aliphatic heterocycles. The second-order valence-corrected chi connectivity index (χ2v) is 4.11. The number of nitrogens with two attached hydrogens (primary N) is 1. The minimum atomic E-state index is -0.501. The van der Waals surface area contributed by atoms with Crippen LogP contribution in [0.3, 0.4) is 0 Å². The van der Waals surface area contributed by atoms with Crippen molar-refractivity contribution in [1.82, 2.24) is 20.2 Å². The van der Waals surface area contributed by atoms with E-state index in [4.69, 9.17) is 5.73 Å². The number of hydrogen-bond acceptors (Lipinski definition) is 5. The molecule has 1 heterocycles. The van der Waals surface area contributed by atoms with Gasteiger partial charge in [-0.3, -0.25) is 0 Å². The topological polar surface area (TPSA) is 89.9 Å². The van der Waals surface area contributed by atoms with Crippen molar-refractivity contribution < 1.29 is 5.11 Å². The number of rotatable bonds is 5. The highest BCUT2D eigenvalue weighted by Gasteiger charge is 2.22. The van der Waals surface area contributed by atoms with Gasteiger partial charge in [-0.2, -0.15) is 4.80 Å². The van der Waals surface area contributed by atoms with Gasteiger partial charge in [-0.1, -0.05) is 13.8 Å². The fourth-order valence-corrected chi connectivity index (χ4v) is 1.62. The van der Waals surface area contributed by atoms with Crippen LogP contribution in [-0.4, -0.2) is 38.0 Å². The molecule has 0 aliphatic carbocycles. The van der Waals surface area contributed by atoms with E-state index in [0.29, 0.717) is 24.7 Å². The Morgan fingerprint density at radius 1 is 1.47 bits per heavy atom. The van der Waals surface area contributed by atoms with Crippen molar-refractivity contribution in [2.24, 2.45) is 24.6 Å². The van der Waals surface area contributed by atoms with Crippen LogP contribution < -0.4 is 5.73 Å². The van der Waals surface area contributed by atoms with Crippen LogP contribution in [0.2, 0.25) is 0 Å². The molecule has 1 aromatic rings. The summed E-state index contributed by atoms with van der Waals surface area (Å²) in [5.41, 5.74) is 5.61. The van der Waals surface area contributed by atoms with Crippen molar-refractivity contribution in [3.05, 3.63) is 5.82 Å². The quantitative estimate of drug-likeness (QED) is 0.678. The SMILES string of the molecule is CC(C)C(CN)C(O)Cc1nnn(C)n1. The maximum atomic E-state index is 9.95. The van der Waals surface area contributed by atoms with Gasteiger partial charge in [0.25, 0.3) is 0 Å². The molecule has 0 saturated heterocycles. The highest BCUT2D eigenvalue weighted by molar-refractivity contribution is 4.85. The molecule has 0 amide bonds. The van der Waals surface area contributed by atoms with Crippen LogP contribution in [0.1, 0.15) is 19.7 Å². The first kappa shape index (κ1) is 12.1. The van der Waals surface area contributed by atoms with Crippen LogP contribution in [0.5, 0.6) is 0 Å². The Morgan fingerprint density at radius 3 is 2.53 bits per heavy atom. The van der Waals surface area contributed by atoms with Crippen molar-refractivity contribution in [3.63, 3.8) is 0 Å². The lowest BCUT2D eigenvalue weighted by atomic mass is 9.89. The Hall–Kier alpha value is -1.01. The van der Waals surface area contributed by atoms with E-state index in [9.17, 15) is 5.11 Å². The molecule has 2 atom stereocenters. The predicted molar refractivity (Wildman–Crippen MR) is 55.9 cm³/mol. The molecule has 0 aromatic carbocycles. The van der Waals surface area contributed by atoms with Crippen LogP contribution in [0.15, 0.2) is 0 Å². The van der Waals surface area contributed by atoms with Crippen molar-refractivity contribution in [2.45, 2.75) is 26.4 Å². The van der Waals surface area contributed by atoms with Gasteiger partial charge in [0.15, 0.2) is 5.82 Å². The Bertz CT molecular complexity index is 298. The molecule has 3 N–H and O–H groups in total. The van der Waals surface area contributed by atoms with E-state index in [1.165, 1.54) is 4.80 Å². The lowest BCUT2D eigenvalue weighted by Crippen LogP contribution is -2.33. The van der Waals surface area contributed by atoms with Crippen molar-refractivity contribution in [1.29, 1.82) is 0 Å². The zero-order valence-corrected chi connectivity index (χ0v) is 9.46. The smallest absolute Gasteiger partial charge is 0.177 e. The average Bonchev–Trinajstić information content (AvgIpc) is 2.51. The summed E-state index contributed by atoms with van der Waals surface area (Å²) in [7, 11) is 1.70. The van der Waals surface area contributed by atoms with Gasteiger partial charge in [-0.25, -0.2) is 0 Å². The molecule has 0 bridgehead atoms. The highest BCUT2D eigenvalue weighted by atomic mass is 16.3. The summed E-state index contributed by atoms with van der Waals surface area (Å²) < 4.78 is 0. The van der Waals surface area contributed by atoms with Crippen LogP contribution >= 0.6 is 0 Å². The maximum Gasteiger partial charge on any atom is 0.177 e. The van der Waals surface area contributed by atoms with Gasteiger partial charge in [0.1, 0.15) is 0 Å². The predicted octanol–water partition coefficient (Wildman–Crippen LogP) is -0.656. The molecule has 0 aliphatic rings. The fraction of sp³-hybridized carbons (Fsp3) is 0.889. The van der Waals surface area contributed by atoms with Crippen LogP contribution in [0.25, 0.3) is 0 Å². The van der Waals surface area contributed by atoms with Gasteiger partial charge in [-0.15, -0.1) is 10.2 Å². The molecule has 15 heavy (non-hydrogen) atoms. The standard InChI is InChI=1S/C9H19N5O/c1-6(2)7(5-10)8(15)4-9-11-13-14(3)12-9/h6-8,15H,4-5,10H2,1-3H3. The largest absolute Gasteiger partial charge is 0.392 e. The number of aliphatic hydroxyl groups is 1. The van der Waals surface area contributed by atoms with E-state index < -0.39 is 6.10 Å².